The summed E-state index contributed by atoms with van der Waals surface area (Å²) >= 11 is 5.99. The maximum atomic E-state index is 12.7. The van der Waals surface area contributed by atoms with Gasteiger partial charge in [0.1, 0.15) is 0 Å². The summed E-state index contributed by atoms with van der Waals surface area (Å²) in [6, 6.07) is 16.5. The van der Waals surface area contributed by atoms with Gasteiger partial charge in [-0.05, 0) is 48.7 Å². The predicted molar refractivity (Wildman–Crippen MR) is 122 cm³/mol. The van der Waals surface area contributed by atoms with Crippen molar-refractivity contribution in [3.05, 3.63) is 70.2 Å². The van der Waals surface area contributed by atoms with Gasteiger partial charge in [0.15, 0.2) is 0 Å². The molecule has 3 atom stereocenters. The highest BCUT2D eigenvalue weighted by molar-refractivity contribution is 6.30. The van der Waals surface area contributed by atoms with Crippen LogP contribution in [0.15, 0.2) is 53.5 Å². The van der Waals surface area contributed by atoms with Crippen LogP contribution in [0.1, 0.15) is 54.7 Å². The Balaban J connectivity index is 1.74. The van der Waals surface area contributed by atoms with Gasteiger partial charge in [0.2, 0.25) is 5.96 Å². The Morgan fingerprint density at radius 1 is 1.19 bits per heavy atom. The van der Waals surface area contributed by atoms with Crippen molar-refractivity contribution in [3.8, 4) is 6.07 Å². The Bertz CT molecular complexity index is 982. The van der Waals surface area contributed by atoms with Gasteiger partial charge < -0.3 is 10.6 Å². The summed E-state index contributed by atoms with van der Waals surface area (Å²) < 4.78 is 0. The summed E-state index contributed by atoms with van der Waals surface area (Å²) in [7, 11) is 0. The zero-order valence-corrected chi connectivity index (χ0v) is 18.6. The van der Waals surface area contributed by atoms with Gasteiger partial charge in [-0.3, -0.25) is 4.79 Å². The van der Waals surface area contributed by atoms with Crippen molar-refractivity contribution in [1.29, 1.82) is 5.26 Å². The van der Waals surface area contributed by atoms with E-state index in [9.17, 15) is 4.79 Å². The summed E-state index contributed by atoms with van der Waals surface area (Å²) in [5, 5.41) is 16.4. The molecule has 4 N–H and O–H groups in total. The second-order valence-corrected chi connectivity index (χ2v) is 8.40. The van der Waals surface area contributed by atoms with E-state index < -0.39 is 5.91 Å². The first kappa shape index (κ1) is 22.8. The Hall–Kier alpha value is -2.92. The van der Waals surface area contributed by atoms with Crippen LogP contribution >= 0.6 is 11.6 Å². The highest BCUT2D eigenvalue weighted by Crippen LogP contribution is 2.22. The van der Waals surface area contributed by atoms with E-state index in [1.807, 2.05) is 37.3 Å². The number of carbonyl (C=O) groups excluding carboxylic acids is 1. The summed E-state index contributed by atoms with van der Waals surface area (Å²) in [5.41, 5.74) is 8.39. The van der Waals surface area contributed by atoms with Gasteiger partial charge >= 0.3 is 0 Å². The van der Waals surface area contributed by atoms with E-state index in [0.29, 0.717) is 28.0 Å². The SMILES string of the molecule is CC(C)C(C)N/C(=N/C(=O)c1cccc(C#N)c1)NC1CC(c2ccc(Cl)cc2)NN1. The number of nitrogens with one attached hydrogen (secondary N) is 4. The van der Waals surface area contributed by atoms with Gasteiger partial charge in [-0.1, -0.05) is 43.6 Å². The average molecular weight is 439 g/mol. The zero-order chi connectivity index (χ0) is 22.4. The van der Waals surface area contributed by atoms with Crippen molar-refractivity contribution in [3.63, 3.8) is 0 Å². The summed E-state index contributed by atoms with van der Waals surface area (Å²) in [6.07, 6.45) is 0.612. The van der Waals surface area contributed by atoms with Crippen LogP contribution in [0.5, 0.6) is 0 Å². The highest BCUT2D eigenvalue weighted by Gasteiger charge is 2.26. The van der Waals surface area contributed by atoms with Gasteiger partial charge in [-0.2, -0.15) is 10.3 Å². The third kappa shape index (κ3) is 6.28. The van der Waals surface area contributed by atoms with E-state index in [1.165, 1.54) is 0 Å². The maximum Gasteiger partial charge on any atom is 0.280 e. The van der Waals surface area contributed by atoms with Crippen LogP contribution in [0.2, 0.25) is 5.02 Å². The minimum atomic E-state index is -0.414. The fourth-order valence-corrected chi connectivity index (χ4v) is 3.23. The Labute approximate surface area is 187 Å². The molecule has 162 valence electrons. The number of nitrogens with zero attached hydrogens (tertiary/aromatic N) is 2. The number of aliphatic imine (C=N–C) groups is 1. The van der Waals surface area contributed by atoms with Gasteiger partial charge in [-0.15, -0.1) is 0 Å². The number of guanidine groups is 1. The smallest absolute Gasteiger partial charge is 0.280 e. The van der Waals surface area contributed by atoms with Crippen LogP contribution < -0.4 is 21.5 Å². The van der Waals surface area contributed by atoms with E-state index >= 15 is 0 Å². The number of rotatable bonds is 5. The summed E-state index contributed by atoms with van der Waals surface area (Å²) in [4.78, 5) is 17.0. The summed E-state index contributed by atoms with van der Waals surface area (Å²) in [5.74, 6) is 0.327. The summed E-state index contributed by atoms with van der Waals surface area (Å²) in [6.45, 7) is 6.23. The second kappa shape index (κ2) is 10.4. The number of nitriles is 1. The van der Waals surface area contributed by atoms with Crippen LogP contribution in [-0.2, 0) is 0 Å². The van der Waals surface area contributed by atoms with E-state index in [1.54, 1.807) is 24.3 Å². The molecule has 0 saturated carbocycles. The fourth-order valence-electron chi connectivity index (χ4n) is 3.11. The molecule has 31 heavy (non-hydrogen) atoms. The number of hydrazine groups is 1. The van der Waals surface area contributed by atoms with Crippen molar-refractivity contribution < 1.29 is 4.79 Å². The quantitative estimate of drug-likeness (QED) is 0.421. The third-order valence-corrected chi connectivity index (χ3v) is 5.55. The first-order valence-corrected chi connectivity index (χ1v) is 10.7. The Kier molecular flexibility index (Phi) is 7.64. The number of hydrogen-bond donors (Lipinski definition) is 4. The molecule has 2 aromatic carbocycles. The van der Waals surface area contributed by atoms with Gasteiger partial charge in [0.25, 0.3) is 5.91 Å². The molecule has 0 bridgehead atoms. The second-order valence-electron chi connectivity index (χ2n) is 7.96. The lowest BCUT2D eigenvalue weighted by Crippen LogP contribution is -2.52. The topological polar surface area (TPSA) is 101 Å². The molecule has 2 aromatic rings. The van der Waals surface area contributed by atoms with E-state index in [0.717, 1.165) is 12.0 Å². The third-order valence-electron chi connectivity index (χ3n) is 5.30. The van der Waals surface area contributed by atoms with Crippen molar-refractivity contribution >= 4 is 23.5 Å². The monoisotopic (exact) mass is 438 g/mol. The van der Waals surface area contributed by atoms with E-state index in [4.69, 9.17) is 16.9 Å². The molecule has 0 aromatic heterocycles. The molecular formula is C23H27ClN6O. The van der Waals surface area contributed by atoms with E-state index in [2.05, 4.69) is 40.3 Å². The molecule has 1 amide bonds. The van der Waals surface area contributed by atoms with Gasteiger partial charge in [0, 0.05) is 29.1 Å². The molecule has 1 fully saturated rings. The minimum absolute atomic E-state index is 0.0987. The molecule has 1 heterocycles. The first-order valence-electron chi connectivity index (χ1n) is 10.3. The molecule has 7 nitrogen and oxygen atoms in total. The molecule has 0 aliphatic carbocycles. The highest BCUT2D eigenvalue weighted by atomic mass is 35.5. The number of hydrogen-bond acceptors (Lipinski definition) is 4. The largest absolute Gasteiger partial charge is 0.353 e. The van der Waals surface area contributed by atoms with Crippen LogP contribution in [0, 0.1) is 17.2 Å². The molecule has 3 unspecified atom stereocenters. The van der Waals surface area contributed by atoms with Crippen molar-refractivity contribution in [2.24, 2.45) is 10.9 Å². The molecule has 3 rings (SSSR count). The predicted octanol–water partition coefficient (Wildman–Crippen LogP) is 3.50. The zero-order valence-electron chi connectivity index (χ0n) is 17.8. The van der Waals surface area contributed by atoms with Crippen molar-refractivity contribution in [2.45, 2.75) is 45.4 Å². The molecular weight excluding hydrogens is 412 g/mol. The molecule has 1 aliphatic rings. The lowest BCUT2D eigenvalue weighted by Gasteiger charge is -2.23. The van der Waals surface area contributed by atoms with Gasteiger partial charge in [-0.25, -0.2) is 10.9 Å². The average Bonchev–Trinajstić information content (AvgIpc) is 3.22. The number of carbonyl (C=O) groups is 1. The Morgan fingerprint density at radius 2 is 1.94 bits per heavy atom. The molecule has 1 saturated heterocycles. The number of halogens is 1. The first-order chi connectivity index (χ1) is 14.9. The van der Waals surface area contributed by atoms with Crippen LogP contribution in [0.25, 0.3) is 0 Å². The molecule has 0 radical (unpaired) electrons. The lowest BCUT2D eigenvalue weighted by atomic mass is 10.0. The van der Waals surface area contributed by atoms with Crippen LogP contribution in [0.4, 0.5) is 0 Å². The lowest BCUT2D eigenvalue weighted by molar-refractivity contribution is 0.100. The normalized spacial score (nSPS) is 19.7. The van der Waals surface area contributed by atoms with Crippen molar-refractivity contribution in [1.82, 2.24) is 21.5 Å². The van der Waals surface area contributed by atoms with Crippen molar-refractivity contribution in [2.75, 3.05) is 0 Å². The molecule has 8 heteroatoms. The maximum absolute atomic E-state index is 12.7. The fraction of sp³-hybridized carbons (Fsp3) is 0.348. The van der Waals surface area contributed by atoms with Crippen LogP contribution in [0.3, 0.4) is 0 Å². The number of benzene rings is 2. The van der Waals surface area contributed by atoms with E-state index in [-0.39, 0.29) is 18.2 Å². The standard InChI is InChI=1S/C23H27ClN6O/c1-14(2)15(3)26-23(28-22(31)18-6-4-5-16(11-18)13-25)27-21-12-20(29-30-21)17-7-9-19(24)10-8-17/h4-11,14-15,20-21,29-30H,12H2,1-3H3,(H2,26,27,28,31). The molecule has 1 aliphatic heterocycles. The molecule has 0 spiro atoms. The minimum Gasteiger partial charge on any atom is -0.353 e. The van der Waals surface area contributed by atoms with Crippen LogP contribution in [-0.4, -0.2) is 24.1 Å². The van der Waals surface area contributed by atoms with Gasteiger partial charge in [0.05, 0.1) is 17.8 Å². The Morgan fingerprint density at radius 3 is 2.61 bits per heavy atom. The number of amides is 1.